The van der Waals surface area contributed by atoms with Crippen LogP contribution in [0.3, 0.4) is 0 Å². The van der Waals surface area contributed by atoms with E-state index >= 15 is 0 Å². The van der Waals surface area contributed by atoms with Crippen molar-refractivity contribution in [3.8, 4) is 6.07 Å². The molecule has 1 rings (SSSR count). The maximum Gasteiger partial charge on any atom is 0.376 e. The first-order chi connectivity index (χ1) is 7.77. The van der Waals surface area contributed by atoms with Gasteiger partial charge >= 0.3 is 5.97 Å². The summed E-state index contributed by atoms with van der Waals surface area (Å²) in [7, 11) is 0. The zero-order valence-electron chi connectivity index (χ0n) is 8.75. The monoisotopic (exact) mass is 214 g/mol. The predicted molar refractivity (Wildman–Crippen MR) is 60.3 cm³/mol. The van der Waals surface area contributed by atoms with Crippen molar-refractivity contribution in [2.24, 2.45) is 5.16 Å². The number of hydrogen-bond donors (Lipinski definition) is 0. The van der Waals surface area contributed by atoms with E-state index in [9.17, 15) is 4.79 Å². The van der Waals surface area contributed by atoms with Gasteiger partial charge < -0.3 is 4.84 Å². The van der Waals surface area contributed by atoms with Crippen molar-refractivity contribution >= 4 is 18.3 Å². The molecule has 0 fully saturated rings. The van der Waals surface area contributed by atoms with Gasteiger partial charge in [0.05, 0.1) is 0 Å². The Labute approximate surface area is 93.4 Å². The van der Waals surface area contributed by atoms with Crippen LogP contribution in [-0.2, 0) is 9.63 Å². The number of carbonyl (C=O) groups is 1. The Kier molecular flexibility index (Phi) is 4.48. The molecule has 0 saturated heterocycles. The first kappa shape index (κ1) is 11.7. The van der Waals surface area contributed by atoms with Gasteiger partial charge in [0.25, 0.3) is 0 Å². The van der Waals surface area contributed by atoms with E-state index < -0.39 is 5.97 Å². The lowest BCUT2D eigenvalue weighted by molar-refractivity contribution is -0.138. The SMILES string of the molecule is C/C=N/OC(=O)/C(C#N)=C/c1ccccc1. The minimum atomic E-state index is -0.760. The quantitative estimate of drug-likeness (QED) is 0.254. The summed E-state index contributed by atoms with van der Waals surface area (Å²) in [5, 5.41) is 12.1. The van der Waals surface area contributed by atoms with Crippen LogP contribution in [0.5, 0.6) is 0 Å². The van der Waals surface area contributed by atoms with Gasteiger partial charge in [0, 0.05) is 6.21 Å². The Balaban J connectivity index is 2.87. The first-order valence-electron chi connectivity index (χ1n) is 4.64. The second-order valence-corrected chi connectivity index (χ2v) is 2.82. The molecule has 0 saturated carbocycles. The fourth-order valence-electron chi connectivity index (χ4n) is 1.00. The molecule has 0 aromatic heterocycles. The topological polar surface area (TPSA) is 62.4 Å². The number of oxime groups is 1. The smallest absolute Gasteiger partial charge is 0.312 e. The number of nitrogens with zero attached hydrogens (tertiary/aromatic N) is 2. The van der Waals surface area contributed by atoms with Crippen molar-refractivity contribution in [3.05, 3.63) is 41.5 Å². The Hall–Kier alpha value is -2.41. The molecule has 0 N–H and O–H groups in total. The van der Waals surface area contributed by atoms with Gasteiger partial charge in [-0.2, -0.15) is 5.26 Å². The van der Waals surface area contributed by atoms with Crippen LogP contribution in [0.1, 0.15) is 12.5 Å². The molecule has 4 nitrogen and oxygen atoms in total. The molecule has 0 amide bonds. The minimum Gasteiger partial charge on any atom is -0.312 e. The molecule has 0 aliphatic heterocycles. The van der Waals surface area contributed by atoms with Crippen molar-refractivity contribution in [1.82, 2.24) is 0 Å². The fourth-order valence-corrected chi connectivity index (χ4v) is 1.00. The largest absolute Gasteiger partial charge is 0.376 e. The molecule has 1 aromatic rings. The highest BCUT2D eigenvalue weighted by Gasteiger charge is 2.10. The maximum atomic E-state index is 11.3. The van der Waals surface area contributed by atoms with E-state index in [-0.39, 0.29) is 5.57 Å². The van der Waals surface area contributed by atoms with Crippen molar-refractivity contribution in [1.29, 1.82) is 5.26 Å². The minimum absolute atomic E-state index is 0.0863. The van der Waals surface area contributed by atoms with Gasteiger partial charge in [-0.15, -0.1) is 0 Å². The standard InChI is InChI=1S/C12H10N2O2/c1-2-14-16-12(15)11(9-13)8-10-6-4-3-5-7-10/h2-8H,1H3/b11-8+,14-2+. The second-order valence-electron chi connectivity index (χ2n) is 2.82. The lowest BCUT2D eigenvalue weighted by Gasteiger charge is -1.95. The Bertz CT molecular complexity index is 456. The van der Waals surface area contributed by atoms with E-state index in [1.165, 1.54) is 12.3 Å². The summed E-state index contributed by atoms with van der Waals surface area (Å²) >= 11 is 0. The zero-order chi connectivity index (χ0) is 11.8. The molecule has 16 heavy (non-hydrogen) atoms. The molecule has 0 unspecified atom stereocenters. The third kappa shape index (κ3) is 3.39. The molecular formula is C12H10N2O2. The van der Waals surface area contributed by atoms with Gasteiger partial charge in [-0.25, -0.2) is 4.79 Å². The van der Waals surface area contributed by atoms with E-state index in [4.69, 9.17) is 5.26 Å². The van der Waals surface area contributed by atoms with Crippen molar-refractivity contribution in [2.75, 3.05) is 0 Å². The Morgan fingerprint density at radius 1 is 1.44 bits per heavy atom. The van der Waals surface area contributed by atoms with E-state index in [1.54, 1.807) is 25.1 Å². The third-order valence-corrected chi connectivity index (χ3v) is 1.69. The molecule has 0 aliphatic carbocycles. The Morgan fingerprint density at radius 2 is 2.12 bits per heavy atom. The molecule has 80 valence electrons. The molecule has 0 bridgehead atoms. The van der Waals surface area contributed by atoms with E-state index in [0.717, 1.165) is 5.56 Å². The molecule has 1 aromatic carbocycles. The highest BCUT2D eigenvalue weighted by atomic mass is 16.7. The van der Waals surface area contributed by atoms with E-state index in [2.05, 4.69) is 9.99 Å². The highest BCUT2D eigenvalue weighted by Crippen LogP contribution is 2.07. The molecule has 4 heteroatoms. The number of rotatable bonds is 3. The molecule has 0 heterocycles. The summed E-state index contributed by atoms with van der Waals surface area (Å²) in [5.41, 5.74) is 0.674. The fraction of sp³-hybridized carbons (Fsp3) is 0.0833. The summed E-state index contributed by atoms with van der Waals surface area (Å²) in [4.78, 5) is 15.8. The summed E-state index contributed by atoms with van der Waals surface area (Å²) in [6, 6.07) is 10.8. The molecular weight excluding hydrogens is 204 g/mol. The molecule has 0 aliphatic rings. The number of nitriles is 1. The lowest BCUT2D eigenvalue weighted by Crippen LogP contribution is -2.02. The summed E-state index contributed by atoms with van der Waals surface area (Å²) in [6.45, 7) is 1.61. The van der Waals surface area contributed by atoms with Gasteiger partial charge in [0.15, 0.2) is 0 Å². The summed E-state index contributed by atoms with van der Waals surface area (Å²) in [6.07, 6.45) is 2.78. The van der Waals surface area contributed by atoms with Gasteiger partial charge in [-0.05, 0) is 18.6 Å². The molecule has 0 atom stereocenters. The van der Waals surface area contributed by atoms with Crippen LogP contribution >= 0.6 is 0 Å². The zero-order valence-corrected chi connectivity index (χ0v) is 8.75. The first-order valence-corrected chi connectivity index (χ1v) is 4.64. The van der Waals surface area contributed by atoms with Crippen LogP contribution in [0.15, 0.2) is 41.1 Å². The molecule has 0 spiro atoms. The van der Waals surface area contributed by atoms with E-state index in [1.807, 2.05) is 18.2 Å². The van der Waals surface area contributed by atoms with Crippen LogP contribution in [0.4, 0.5) is 0 Å². The van der Waals surface area contributed by atoms with Crippen LogP contribution in [0.2, 0.25) is 0 Å². The highest BCUT2D eigenvalue weighted by molar-refractivity contribution is 5.97. The normalized spacial score (nSPS) is 11.1. The van der Waals surface area contributed by atoms with Gasteiger partial charge in [0.1, 0.15) is 11.6 Å². The third-order valence-electron chi connectivity index (χ3n) is 1.69. The average Bonchev–Trinajstić information content (AvgIpc) is 2.34. The van der Waals surface area contributed by atoms with Gasteiger partial charge in [0.2, 0.25) is 0 Å². The maximum absolute atomic E-state index is 11.3. The van der Waals surface area contributed by atoms with Crippen LogP contribution in [-0.4, -0.2) is 12.2 Å². The van der Waals surface area contributed by atoms with Crippen molar-refractivity contribution in [2.45, 2.75) is 6.92 Å². The molecule has 0 radical (unpaired) electrons. The van der Waals surface area contributed by atoms with Crippen LogP contribution in [0, 0.1) is 11.3 Å². The van der Waals surface area contributed by atoms with Gasteiger partial charge in [-0.1, -0.05) is 35.5 Å². The number of benzene rings is 1. The van der Waals surface area contributed by atoms with Gasteiger partial charge in [-0.3, -0.25) is 0 Å². The Morgan fingerprint density at radius 3 is 2.69 bits per heavy atom. The van der Waals surface area contributed by atoms with E-state index in [0.29, 0.717) is 0 Å². The predicted octanol–water partition coefficient (Wildman–Crippen LogP) is 2.14. The summed E-state index contributed by atoms with van der Waals surface area (Å²) in [5.74, 6) is -0.760. The average molecular weight is 214 g/mol. The lowest BCUT2D eigenvalue weighted by atomic mass is 10.1. The number of hydrogen-bond acceptors (Lipinski definition) is 4. The second kappa shape index (κ2) is 6.14. The van der Waals surface area contributed by atoms with Crippen molar-refractivity contribution < 1.29 is 9.63 Å². The summed E-state index contributed by atoms with van der Waals surface area (Å²) < 4.78 is 0. The van der Waals surface area contributed by atoms with Crippen LogP contribution < -0.4 is 0 Å². The van der Waals surface area contributed by atoms with Crippen LogP contribution in [0.25, 0.3) is 6.08 Å². The number of carbonyl (C=O) groups excluding carboxylic acids is 1. The van der Waals surface area contributed by atoms with Crippen molar-refractivity contribution in [3.63, 3.8) is 0 Å².